The Hall–Kier alpha value is -2.87. The van der Waals surface area contributed by atoms with E-state index < -0.39 is 16.1 Å². The van der Waals surface area contributed by atoms with E-state index in [1.807, 2.05) is 27.7 Å². The standard InChI is InChI=1S/C25H33N3O4S/c1-17(2)16-26-24(29)23-9-6-14-28(23)25(30)20-7-5-8-21(15-20)27-33(31,32)22-12-10-19(11-13-22)18(3)4/h5,7-8,10-13,15,17-18,23,27H,6,9,14,16H2,1-4H3,(H,26,29)/t23-/m0/s1. The zero-order valence-electron chi connectivity index (χ0n) is 19.7. The van der Waals surface area contributed by atoms with Gasteiger partial charge in [-0.25, -0.2) is 8.42 Å². The predicted molar refractivity (Wildman–Crippen MR) is 130 cm³/mol. The van der Waals surface area contributed by atoms with Crippen molar-refractivity contribution in [1.82, 2.24) is 10.2 Å². The number of benzene rings is 2. The second kappa shape index (κ2) is 10.4. The Bertz CT molecular complexity index is 1090. The molecule has 1 aliphatic heterocycles. The Kier molecular flexibility index (Phi) is 7.79. The lowest BCUT2D eigenvalue weighted by molar-refractivity contribution is -0.125. The monoisotopic (exact) mass is 471 g/mol. The van der Waals surface area contributed by atoms with Crippen molar-refractivity contribution in [2.45, 2.75) is 57.4 Å². The summed E-state index contributed by atoms with van der Waals surface area (Å²) >= 11 is 0. The average molecular weight is 472 g/mol. The van der Waals surface area contributed by atoms with E-state index >= 15 is 0 Å². The SMILES string of the molecule is CC(C)CNC(=O)[C@@H]1CCCN1C(=O)c1cccc(NS(=O)(=O)c2ccc(C(C)C)cc2)c1. The normalized spacial score (nSPS) is 16.3. The van der Waals surface area contributed by atoms with Crippen LogP contribution in [0.2, 0.25) is 0 Å². The largest absolute Gasteiger partial charge is 0.354 e. The summed E-state index contributed by atoms with van der Waals surface area (Å²) in [6.07, 6.45) is 1.37. The molecule has 1 heterocycles. The van der Waals surface area contributed by atoms with Crippen molar-refractivity contribution in [3.8, 4) is 0 Å². The molecule has 0 aliphatic carbocycles. The van der Waals surface area contributed by atoms with Gasteiger partial charge in [0.25, 0.3) is 15.9 Å². The molecular weight excluding hydrogens is 438 g/mol. The number of sulfonamides is 1. The smallest absolute Gasteiger partial charge is 0.261 e. The van der Waals surface area contributed by atoms with Crippen LogP contribution in [-0.2, 0) is 14.8 Å². The summed E-state index contributed by atoms with van der Waals surface area (Å²) in [6, 6.07) is 12.7. The second-order valence-corrected chi connectivity index (χ2v) is 10.9. The number of nitrogens with zero attached hydrogens (tertiary/aromatic N) is 1. The van der Waals surface area contributed by atoms with Crippen LogP contribution in [0.1, 0.15) is 62.4 Å². The van der Waals surface area contributed by atoms with E-state index in [1.165, 1.54) is 6.07 Å². The molecule has 8 heteroatoms. The van der Waals surface area contributed by atoms with Crippen LogP contribution in [0.3, 0.4) is 0 Å². The van der Waals surface area contributed by atoms with Gasteiger partial charge in [-0.15, -0.1) is 0 Å². The summed E-state index contributed by atoms with van der Waals surface area (Å²) in [5.41, 5.74) is 1.70. The molecule has 1 atom stereocenters. The molecule has 2 N–H and O–H groups in total. The maximum absolute atomic E-state index is 13.2. The predicted octanol–water partition coefficient (Wildman–Crippen LogP) is 3.99. The summed E-state index contributed by atoms with van der Waals surface area (Å²) in [7, 11) is -3.80. The minimum absolute atomic E-state index is 0.142. The van der Waals surface area contributed by atoms with Crippen molar-refractivity contribution in [1.29, 1.82) is 0 Å². The van der Waals surface area contributed by atoms with Gasteiger partial charge < -0.3 is 10.2 Å². The van der Waals surface area contributed by atoms with Gasteiger partial charge >= 0.3 is 0 Å². The lowest BCUT2D eigenvalue weighted by atomic mass is 10.0. The highest BCUT2D eigenvalue weighted by molar-refractivity contribution is 7.92. The van der Waals surface area contributed by atoms with Gasteiger partial charge in [0.1, 0.15) is 6.04 Å². The zero-order chi connectivity index (χ0) is 24.2. The van der Waals surface area contributed by atoms with Crippen molar-refractivity contribution in [3.63, 3.8) is 0 Å². The molecule has 1 saturated heterocycles. The highest BCUT2D eigenvalue weighted by atomic mass is 32.2. The lowest BCUT2D eigenvalue weighted by Crippen LogP contribution is -2.46. The Morgan fingerprint density at radius 3 is 2.39 bits per heavy atom. The van der Waals surface area contributed by atoms with Crippen molar-refractivity contribution < 1.29 is 18.0 Å². The zero-order valence-corrected chi connectivity index (χ0v) is 20.5. The average Bonchev–Trinajstić information content (AvgIpc) is 3.27. The Morgan fingerprint density at radius 2 is 1.76 bits per heavy atom. The van der Waals surface area contributed by atoms with E-state index in [0.29, 0.717) is 42.6 Å². The van der Waals surface area contributed by atoms with Gasteiger partial charge in [-0.05, 0) is 60.6 Å². The van der Waals surface area contributed by atoms with Crippen molar-refractivity contribution in [2.24, 2.45) is 5.92 Å². The van der Waals surface area contributed by atoms with Crippen LogP contribution in [0.5, 0.6) is 0 Å². The van der Waals surface area contributed by atoms with Crippen LogP contribution in [0.15, 0.2) is 53.4 Å². The molecule has 2 aromatic carbocycles. The van der Waals surface area contributed by atoms with E-state index in [-0.39, 0.29) is 16.7 Å². The number of amides is 2. The second-order valence-electron chi connectivity index (χ2n) is 9.21. The van der Waals surface area contributed by atoms with Gasteiger partial charge in [-0.2, -0.15) is 0 Å². The Morgan fingerprint density at radius 1 is 1.06 bits per heavy atom. The molecule has 0 aromatic heterocycles. The number of carbonyl (C=O) groups excluding carboxylic acids is 2. The molecular formula is C25H33N3O4S. The van der Waals surface area contributed by atoms with Crippen LogP contribution < -0.4 is 10.0 Å². The topological polar surface area (TPSA) is 95.6 Å². The van der Waals surface area contributed by atoms with E-state index in [0.717, 1.165) is 12.0 Å². The van der Waals surface area contributed by atoms with E-state index in [9.17, 15) is 18.0 Å². The number of likely N-dealkylation sites (tertiary alicyclic amines) is 1. The van der Waals surface area contributed by atoms with E-state index in [1.54, 1.807) is 47.4 Å². The molecule has 1 fully saturated rings. The summed E-state index contributed by atoms with van der Waals surface area (Å²) in [5, 5.41) is 2.91. The van der Waals surface area contributed by atoms with Crippen molar-refractivity contribution in [2.75, 3.05) is 17.8 Å². The lowest BCUT2D eigenvalue weighted by Gasteiger charge is -2.24. The Balaban J connectivity index is 1.74. The van der Waals surface area contributed by atoms with E-state index in [4.69, 9.17) is 0 Å². The fourth-order valence-corrected chi connectivity index (χ4v) is 4.88. The number of hydrogen-bond donors (Lipinski definition) is 2. The third kappa shape index (κ3) is 6.13. The fourth-order valence-electron chi connectivity index (χ4n) is 3.83. The number of carbonyl (C=O) groups is 2. The van der Waals surface area contributed by atoms with Gasteiger partial charge in [-0.1, -0.05) is 45.9 Å². The first kappa shape index (κ1) is 24.8. The van der Waals surface area contributed by atoms with Crippen LogP contribution in [0.4, 0.5) is 5.69 Å². The highest BCUT2D eigenvalue weighted by Gasteiger charge is 2.34. The van der Waals surface area contributed by atoms with Gasteiger partial charge in [0, 0.05) is 24.3 Å². The molecule has 33 heavy (non-hydrogen) atoms. The molecule has 3 rings (SSSR count). The molecule has 0 spiro atoms. The molecule has 0 unspecified atom stereocenters. The number of anilines is 1. The Labute approximate surface area is 196 Å². The molecule has 178 valence electrons. The first-order chi connectivity index (χ1) is 15.6. The first-order valence-corrected chi connectivity index (χ1v) is 12.9. The van der Waals surface area contributed by atoms with Crippen LogP contribution in [0.25, 0.3) is 0 Å². The molecule has 7 nitrogen and oxygen atoms in total. The number of rotatable bonds is 8. The van der Waals surface area contributed by atoms with Gasteiger partial charge in [-0.3, -0.25) is 14.3 Å². The first-order valence-electron chi connectivity index (χ1n) is 11.4. The molecule has 0 saturated carbocycles. The third-order valence-electron chi connectivity index (χ3n) is 5.72. The van der Waals surface area contributed by atoms with Crippen LogP contribution in [0, 0.1) is 5.92 Å². The summed E-state index contributed by atoms with van der Waals surface area (Å²) in [6.45, 7) is 9.18. The number of hydrogen-bond acceptors (Lipinski definition) is 4. The van der Waals surface area contributed by atoms with Crippen molar-refractivity contribution >= 4 is 27.5 Å². The van der Waals surface area contributed by atoms with Gasteiger partial charge in [0.15, 0.2) is 0 Å². The minimum Gasteiger partial charge on any atom is -0.354 e. The molecule has 0 radical (unpaired) electrons. The maximum Gasteiger partial charge on any atom is 0.261 e. The van der Waals surface area contributed by atoms with E-state index in [2.05, 4.69) is 10.0 Å². The minimum atomic E-state index is -3.80. The molecule has 0 bridgehead atoms. The van der Waals surface area contributed by atoms with Gasteiger partial charge in [0.05, 0.1) is 4.90 Å². The maximum atomic E-state index is 13.2. The summed E-state index contributed by atoms with van der Waals surface area (Å²) in [4.78, 5) is 27.5. The van der Waals surface area contributed by atoms with Crippen LogP contribution >= 0.6 is 0 Å². The van der Waals surface area contributed by atoms with Crippen molar-refractivity contribution in [3.05, 3.63) is 59.7 Å². The molecule has 2 aromatic rings. The van der Waals surface area contributed by atoms with Gasteiger partial charge in [0.2, 0.25) is 5.91 Å². The summed E-state index contributed by atoms with van der Waals surface area (Å²) < 4.78 is 28.2. The third-order valence-corrected chi connectivity index (χ3v) is 7.12. The fraction of sp³-hybridized carbons (Fsp3) is 0.440. The highest BCUT2D eigenvalue weighted by Crippen LogP contribution is 2.24. The number of nitrogens with one attached hydrogen (secondary N) is 2. The molecule has 1 aliphatic rings. The summed E-state index contributed by atoms with van der Waals surface area (Å²) in [5.74, 6) is 0.209. The molecule has 2 amide bonds. The quantitative estimate of drug-likeness (QED) is 0.609. The van der Waals surface area contributed by atoms with Crippen LogP contribution in [-0.4, -0.2) is 44.3 Å².